The van der Waals surface area contributed by atoms with Crippen LogP contribution in [0.5, 0.6) is 0 Å². The van der Waals surface area contributed by atoms with E-state index in [0.717, 1.165) is 17.3 Å². The first kappa shape index (κ1) is 36.9. The molecule has 0 N–H and O–H groups in total. The van der Waals surface area contributed by atoms with Crippen LogP contribution < -0.4 is 0 Å². The van der Waals surface area contributed by atoms with Crippen LogP contribution >= 0.6 is 0 Å². The zero-order valence-corrected chi connectivity index (χ0v) is 25.5. The van der Waals surface area contributed by atoms with Crippen molar-refractivity contribution in [2.45, 2.75) is 116 Å². The van der Waals surface area contributed by atoms with Gasteiger partial charge in [-0.25, -0.2) is 0 Å². The highest BCUT2D eigenvalue weighted by atomic mass is 32.3. The van der Waals surface area contributed by atoms with Crippen molar-refractivity contribution in [1.82, 2.24) is 0 Å². The number of methoxy groups -OCH3 is 1. The summed E-state index contributed by atoms with van der Waals surface area (Å²) in [6, 6.07) is 0. The molecule has 0 saturated carbocycles. The third-order valence-electron chi connectivity index (χ3n) is 5.43. The van der Waals surface area contributed by atoms with Gasteiger partial charge in [0.2, 0.25) is 5.44 Å². The molecule has 0 radical (unpaired) electrons. The molecule has 0 aliphatic heterocycles. The monoisotopic (exact) mass is 546 g/mol. The summed E-state index contributed by atoms with van der Waals surface area (Å²) < 4.78 is 62.2. The van der Waals surface area contributed by atoms with E-state index in [4.69, 9.17) is 9.47 Å². The van der Waals surface area contributed by atoms with E-state index in [1.165, 1.54) is 84.8 Å². The summed E-state index contributed by atoms with van der Waals surface area (Å²) in [5, 5.41) is 0. The van der Waals surface area contributed by atoms with Crippen LogP contribution in [-0.4, -0.2) is 80.5 Å². The Morgan fingerprint density at radius 3 is 1.46 bits per heavy atom. The average molecular weight is 547 g/mol. The van der Waals surface area contributed by atoms with Crippen molar-refractivity contribution < 1.29 is 34.4 Å². The number of hydrogen-bond acceptors (Lipinski definition) is 7. The molecule has 0 fully saturated rings. The summed E-state index contributed by atoms with van der Waals surface area (Å²) in [4.78, 5) is 0. The van der Waals surface area contributed by atoms with Gasteiger partial charge in [0.15, 0.2) is 0 Å². The van der Waals surface area contributed by atoms with Crippen molar-refractivity contribution in [3.63, 3.8) is 0 Å². The largest absolute Gasteiger partial charge is 0.378 e. The van der Waals surface area contributed by atoms with Crippen LogP contribution in [0, 0.1) is 0 Å². The Labute approximate surface area is 217 Å². The van der Waals surface area contributed by atoms with Gasteiger partial charge in [-0.15, -0.1) is 3.63 Å². The molecule has 0 heterocycles. The standard InChI is InChI=1S/C19H40O7S2.C6H16N/c1-5-6-7-8-9-10-11-12-13-14-15-16-17-25-19(18(2)24-3)28(22,23)26-27(4,20)21;1-5-6-7(2,3)4/h18-19H,5-17H2,1-4H3;5-6H2,1-4H3/q;+1. The lowest BCUT2D eigenvalue weighted by Crippen LogP contribution is -2.38. The number of quaternary nitrogens is 1. The number of rotatable bonds is 21. The molecule has 0 aromatic heterocycles. The zero-order chi connectivity index (χ0) is 27.4. The van der Waals surface area contributed by atoms with E-state index in [1.807, 2.05) is 0 Å². The fourth-order valence-electron chi connectivity index (χ4n) is 3.59. The number of hydrogen-bond donors (Lipinski definition) is 0. The number of ether oxygens (including phenoxy) is 2. The van der Waals surface area contributed by atoms with Gasteiger partial charge in [0.25, 0.3) is 10.1 Å². The third-order valence-corrected chi connectivity index (χ3v) is 8.27. The van der Waals surface area contributed by atoms with Gasteiger partial charge in [-0.2, -0.15) is 16.8 Å². The molecule has 10 heteroatoms. The van der Waals surface area contributed by atoms with Gasteiger partial charge >= 0.3 is 10.1 Å². The lowest BCUT2D eigenvalue weighted by molar-refractivity contribution is -0.870. The van der Waals surface area contributed by atoms with Crippen molar-refractivity contribution in [2.75, 3.05) is 47.7 Å². The maximum absolute atomic E-state index is 12.1. The predicted octanol–water partition coefficient (Wildman–Crippen LogP) is 5.47. The van der Waals surface area contributed by atoms with Gasteiger partial charge in [-0.3, -0.25) is 0 Å². The van der Waals surface area contributed by atoms with E-state index in [1.54, 1.807) is 0 Å². The molecule has 0 bridgehead atoms. The summed E-state index contributed by atoms with van der Waals surface area (Å²) in [5.74, 6) is 0. The lowest BCUT2D eigenvalue weighted by atomic mass is 10.1. The van der Waals surface area contributed by atoms with Crippen molar-refractivity contribution in [2.24, 2.45) is 0 Å². The predicted molar refractivity (Wildman–Crippen MR) is 145 cm³/mol. The summed E-state index contributed by atoms with van der Waals surface area (Å²) in [7, 11) is -0.623. The van der Waals surface area contributed by atoms with Gasteiger partial charge in [-0.05, 0) is 19.8 Å². The van der Waals surface area contributed by atoms with Crippen LogP contribution in [-0.2, 0) is 33.3 Å². The number of unbranched alkanes of at least 4 members (excludes halogenated alkanes) is 11. The fourth-order valence-corrected chi connectivity index (χ4v) is 6.12. The van der Waals surface area contributed by atoms with Crippen LogP contribution in [0.3, 0.4) is 0 Å². The molecule has 0 aliphatic carbocycles. The minimum Gasteiger partial charge on any atom is -0.378 e. The van der Waals surface area contributed by atoms with Crippen LogP contribution in [0.2, 0.25) is 0 Å². The van der Waals surface area contributed by atoms with Crippen molar-refractivity contribution in [3.8, 4) is 0 Å². The Morgan fingerprint density at radius 1 is 0.714 bits per heavy atom. The van der Waals surface area contributed by atoms with E-state index < -0.39 is 31.8 Å². The Balaban J connectivity index is 0. The molecule has 0 amide bonds. The van der Waals surface area contributed by atoms with Gasteiger partial charge in [0, 0.05) is 13.7 Å². The second kappa shape index (κ2) is 20.8. The van der Waals surface area contributed by atoms with E-state index in [9.17, 15) is 16.8 Å². The quantitative estimate of drug-likeness (QED) is 0.139. The molecule has 0 aromatic rings. The molecule has 214 valence electrons. The Hall–Kier alpha value is -0.260. The lowest BCUT2D eigenvalue weighted by Gasteiger charge is -2.22. The first-order valence-corrected chi connectivity index (χ1v) is 16.6. The smallest absolute Gasteiger partial charge is 0.311 e. The molecule has 0 aliphatic rings. The van der Waals surface area contributed by atoms with Gasteiger partial charge in [-0.1, -0.05) is 84.5 Å². The fraction of sp³-hybridized carbons (Fsp3) is 1.00. The van der Waals surface area contributed by atoms with Crippen molar-refractivity contribution in [3.05, 3.63) is 0 Å². The minimum atomic E-state index is -4.44. The molecule has 0 spiro atoms. The highest BCUT2D eigenvalue weighted by Gasteiger charge is 2.36. The van der Waals surface area contributed by atoms with Crippen LogP contribution in [0.4, 0.5) is 0 Å². The second-order valence-corrected chi connectivity index (χ2v) is 13.8. The van der Waals surface area contributed by atoms with E-state index >= 15 is 0 Å². The normalized spacial score (nSPS) is 14.3. The van der Waals surface area contributed by atoms with Gasteiger partial charge in [0.05, 0.1) is 40.0 Å². The maximum atomic E-state index is 12.1. The van der Waals surface area contributed by atoms with Crippen LogP contribution in [0.25, 0.3) is 0 Å². The summed E-state index contributed by atoms with van der Waals surface area (Å²) in [6.45, 7) is 7.42. The Kier molecular flexibility index (Phi) is 21.9. The van der Waals surface area contributed by atoms with E-state index in [-0.39, 0.29) is 6.61 Å². The highest BCUT2D eigenvalue weighted by Crippen LogP contribution is 2.17. The second-order valence-electron chi connectivity index (χ2n) is 10.3. The summed E-state index contributed by atoms with van der Waals surface area (Å²) >= 11 is 0. The Morgan fingerprint density at radius 2 is 1.14 bits per heavy atom. The van der Waals surface area contributed by atoms with Crippen LogP contribution in [0.15, 0.2) is 0 Å². The molecular formula is C25H56NO7S2+. The van der Waals surface area contributed by atoms with Crippen molar-refractivity contribution in [1.29, 1.82) is 0 Å². The molecule has 35 heavy (non-hydrogen) atoms. The van der Waals surface area contributed by atoms with Gasteiger partial charge in [0.1, 0.15) is 0 Å². The van der Waals surface area contributed by atoms with Crippen LogP contribution in [0.1, 0.15) is 104 Å². The molecule has 0 saturated heterocycles. The SMILES string of the molecule is CCCCCCCCCCCCCCOC(C(C)OC)S(=O)(=O)OS(C)(=O)=O.CCC[N+](C)(C)C. The Bertz CT molecular complexity index is 689. The molecule has 2 atom stereocenters. The highest BCUT2D eigenvalue weighted by molar-refractivity contribution is 7.99. The minimum absolute atomic E-state index is 0.210. The first-order chi connectivity index (χ1) is 16.2. The average Bonchev–Trinajstić information content (AvgIpc) is 2.71. The molecule has 0 rings (SSSR count). The topological polar surface area (TPSA) is 96.0 Å². The summed E-state index contributed by atoms with van der Waals surface area (Å²) in [5.41, 5.74) is -1.47. The van der Waals surface area contributed by atoms with E-state index in [2.05, 4.69) is 38.6 Å². The molecule has 0 aromatic carbocycles. The molecule has 8 nitrogen and oxygen atoms in total. The maximum Gasteiger partial charge on any atom is 0.311 e. The summed E-state index contributed by atoms with van der Waals surface area (Å²) in [6.07, 6.45) is 15.5. The van der Waals surface area contributed by atoms with Crippen molar-refractivity contribution >= 4 is 20.2 Å². The van der Waals surface area contributed by atoms with E-state index in [0.29, 0.717) is 12.7 Å². The third kappa shape index (κ3) is 25.2. The molecule has 2 unspecified atom stereocenters. The zero-order valence-electron chi connectivity index (χ0n) is 23.9. The van der Waals surface area contributed by atoms with Gasteiger partial charge < -0.3 is 14.0 Å². The molecular weight excluding hydrogens is 490 g/mol. The first-order valence-electron chi connectivity index (χ1n) is 13.3. The number of nitrogens with zero attached hydrogens (tertiary/aromatic N) is 1.